The summed E-state index contributed by atoms with van der Waals surface area (Å²) in [4.78, 5) is 10.6. The smallest absolute Gasteiger partial charge is 0.310 e. The average Bonchev–Trinajstić information content (AvgIpc) is 2.03. The maximum Gasteiger partial charge on any atom is 0.310 e. The lowest BCUT2D eigenvalue weighted by Crippen LogP contribution is -2.10. The fourth-order valence-corrected chi connectivity index (χ4v) is 1.15. The Morgan fingerprint density at radius 3 is 2.58 bits per heavy atom. The maximum atomic E-state index is 10.6. The molecule has 0 saturated carbocycles. The van der Waals surface area contributed by atoms with Gasteiger partial charge >= 0.3 is 5.97 Å². The average molecular weight is 170 g/mol. The van der Waals surface area contributed by atoms with Gasteiger partial charge in [0.05, 0.1) is 5.92 Å². The summed E-state index contributed by atoms with van der Waals surface area (Å²) in [5.74, 6) is -0.981. The number of carboxylic acids is 1. The van der Waals surface area contributed by atoms with Gasteiger partial charge in [0.15, 0.2) is 0 Å². The number of hydrogen-bond donors (Lipinski definition) is 1. The van der Waals surface area contributed by atoms with E-state index in [1.807, 2.05) is 13.0 Å². The second-order valence-electron chi connectivity index (χ2n) is 2.97. The molecule has 0 rings (SSSR count). The molecule has 0 aromatic rings. The Kier molecular flexibility index (Phi) is 6.44. The maximum absolute atomic E-state index is 10.6. The van der Waals surface area contributed by atoms with E-state index in [2.05, 4.69) is 6.92 Å². The van der Waals surface area contributed by atoms with Crippen LogP contribution in [-0.2, 0) is 4.79 Å². The Bertz CT molecular complexity index is 150. The molecule has 0 aliphatic heterocycles. The van der Waals surface area contributed by atoms with Crippen molar-refractivity contribution in [3.8, 4) is 0 Å². The highest BCUT2D eigenvalue weighted by Crippen LogP contribution is 2.11. The summed E-state index contributed by atoms with van der Waals surface area (Å²) < 4.78 is 0. The summed E-state index contributed by atoms with van der Waals surface area (Å²) in [6, 6.07) is 0. The van der Waals surface area contributed by atoms with Crippen molar-refractivity contribution in [1.82, 2.24) is 0 Å². The van der Waals surface area contributed by atoms with Crippen LogP contribution >= 0.6 is 0 Å². The lowest BCUT2D eigenvalue weighted by molar-refractivity contribution is -0.140. The molecule has 1 unspecified atom stereocenters. The summed E-state index contributed by atoms with van der Waals surface area (Å²) in [7, 11) is 0. The number of carboxylic acid groups (broad SMARTS) is 1. The second-order valence-corrected chi connectivity index (χ2v) is 2.97. The van der Waals surface area contributed by atoms with Crippen LogP contribution in [0.3, 0.4) is 0 Å². The van der Waals surface area contributed by atoms with Crippen LogP contribution in [0.1, 0.15) is 39.5 Å². The van der Waals surface area contributed by atoms with Gasteiger partial charge in [0.25, 0.3) is 0 Å². The predicted molar refractivity (Wildman–Crippen MR) is 50.1 cm³/mol. The highest BCUT2D eigenvalue weighted by molar-refractivity contribution is 5.71. The Balaban J connectivity index is 3.72. The Labute approximate surface area is 74.3 Å². The van der Waals surface area contributed by atoms with E-state index in [0.29, 0.717) is 0 Å². The first kappa shape index (κ1) is 11.2. The van der Waals surface area contributed by atoms with Crippen molar-refractivity contribution in [3.63, 3.8) is 0 Å². The van der Waals surface area contributed by atoms with Crippen LogP contribution in [0, 0.1) is 5.92 Å². The van der Waals surface area contributed by atoms with E-state index < -0.39 is 5.97 Å². The third kappa shape index (κ3) is 4.94. The number of carbonyl (C=O) groups is 1. The number of hydrogen-bond acceptors (Lipinski definition) is 1. The van der Waals surface area contributed by atoms with Crippen molar-refractivity contribution in [3.05, 3.63) is 12.2 Å². The van der Waals surface area contributed by atoms with Gasteiger partial charge in [-0.3, -0.25) is 4.79 Å². The quantitative estimate of drug-likeness (QED) is 0.491. The number of aliphatic carboxylic acids is 1. The Morgan fingerprint density at radius 1 is 1.50 bits per heavy atom. The van der Waals surface area contributed by atoms with Gasteiger partial charge in [-0.1, -0.05) is 38.3 Å². The van der Waals surface area contributed by atoms with Gasteiger partial charge in [-0.05, 0) is 13.3 Å². The van der Waals surface area contributed by atoms with Crippen molar-refractivity contribution in [1.29, 1.82) is 0 Å². The molecule has 0 aliphatic carbocycles. The van der Waals surface area contributed by atoms with E-state index in [1.54, 1.807) is 6.08 Å². The largest absolute Gasteiger partial charge is 0.481 e. The predicted octanol–water partition coefficient (Wildman–Crippen LogP) is 2.84. The van der Waals surface area contributed by atoms with Crippen molar-refractivity contribution in [2.45, 2.75) is 39.5 Å². The molecule has 0 fully saturated rings. The summed E-state index contributed by atoms with van der Waals surface area (Å²) in [5.41, 5.74) is 0. The van der Waals surface area contributed by atoms with Crippen LogP contribution in [0.2, 0.25) is 0 Å². The molecule has 12 heavy (non-hydrogen) atoms. The zero-order chi connectivity index (χ0) is 9.40. The van der Waals surface area contributed by atoms with Gasteiger partial charge in [0, 0.05) is 0 Å². The van der Waals surface area contributed by atoms with Crippen molar-refractivity contribution < 1.29 is 9.90 Å². The molecule has 0 amide bonds. The van der Waals surface area contributed by atoms with Crippen LogP contribution in [0.5, 0.6) is 0 Å². The molecule has 0 heterocycles. The molecular formula is C10H18O2. The Hall–Kier alpha value is -0.790. The summed E-state index contributed by atoms with van der Waals surface area (Å²) >= 11 is 0. The van der Waals surface area contributed by atoms with Crippen LogP contribution in [-0.4, -0.2) is 11.1 Å². The highest BCUT2D eigenvalue weighted by atomic mass is 16.4. The van der Waals surface area contributed by atoms with Crippen LogP contribution in [0.4, 0.5) is 0 Å². The van der Waals surface area contributed by atoms with Gasteiger partial charge in [-0.25, -0.2) is 0 Å². The summed E-state index contributed by atoms with van der Waals surface area (Å²) in [6.07, 6.45) is 7.62. The first-order chi connectivity index (χ1) is 5.72. The van der Waals surface area contributed by atoms with Crippen LogP contribution in [0.15, 0.2) is 12.2 Å². The molecule has 2 heteroatoms. The molecule has 70 valence electrons. The summed E-state index contributed by atoms with van der Waals surface area (Å²) in [6.45, 7) is 3.97. The number of rotatable bonds is 6. The molecule has 0 aromatic heterocycles. The number of unbranched alkanes of at least 4 members (excludes halogenated alkanes) is 2. The van der Waals surface area contributed by atoms with Gasteiger partial charge in [-0.2, -0.15) is 0 Å². The van der Waals surface area contributed by atoms with Crippen molar-refractivity contribution in [2.24, 2.45) is 5.92 Å². The van der Waals surface area contributed by atoms with E-state index >= 15 is 0 Å². The zero-order valence-corrected chi connectivity index (χ0v) is 7.92. The normalized spacial score (nSPS) is 13.5. The van der Waals surface area contributed by atoms with Crippen LogP contribution < -0.4 is 0 Å². The monoisotopic (exact) mass is 170 g/mol. The van der Waals surface area contributed by atoms with Crippen molar-refractivity contribution in [2.75, 3.05) is 0 Å². The van der Waals surface area contributed by atoms with Crippen molar-refractivity contribution >= 4 is 5.97 Å². The van der Waals surface area contributed by atoms with Gasteiger partial charge in [-0.15, -0.1) is 0 Å². The van der Waals surface area contributed by atoms with E-state index in [-0.39, 0.29) is 5.92 Å². The molecule has 0 saturated heterocycles. The highest BCUT2D eigenvalue weighted by Gasteiger charge is 2.11. The minimum Gasteiger partial charge on any atom is -0.481 e. The molecular weight excluding hydrogens is 152 g/mol. The molecule has 0 spiro atoms. The van der Waals surface area contributed by atoms with E-state index in [4.69, 9.17) is 5.11 Å². The SMILES string of the molecule is C/C=C/C(CCCCC)C(=O)O. The topological polar surface area (TPSA) is 37.3 Å². The third-order valence-corrected chi connectivity index (χ3v) is 1.86. The lowest BCUT2D eigenvalue weighted by atomic mass is 10.0. The van der Waals surface area contributed by atoms with E-state index in [0.717, 1.165) is 25.7 Å². The van der Waals surface area contributed by atoms with Gasteiger partial charge in [0.1, 0.15) is 0 Å². The van der Waals surface area contributed by atoms with Crippen LogP contribution in [0.25, 0.3) is 0 Å². The first-order valence-electron chi connectivity index (χ1n) is 4.58. The minimum absolute atomic E-state index is 0.276. The molecule has 0 aromatic carbocycles. The first-order valence-corrected chi connectivity index (χ1v) is 4.58. The fraction of sp³-hybridized carbons (Fsp3) is 0.700. The molecule has 1 N–H and O–H groups in total. The molecule has 2 nitrogen and oxygen atoms in total. The van der Waals surface area contributed by atoms with E-state index in [9.17, 15) is 4.79 Å². The van der Waals surface area contributed by atoms with Gasteiger partial charge in [0.2, 0.25) is 0 Å². The van der Waals surface area contributed by atoms with Gasteiger partial charge < -0.3 is 5.11 Å². The molecule has 1 atom stereocenters. The summed E-state index contributed by atoms with van der Waals surface area (Å²) in [5, 5.41) is 8.75. The minimum atomic E-state index is -0.704. The molecule has 0 bridgehead atoms. The zero-order valence-electron chi connectivity index (χ0n) is 7.92. The van der Waals surface area contributed by atoms with E-state index in [1.165, 1.54) is 0 Å². The molecule has 0 aliphatic rings. The number of allylic oxidation sites excluding steroid dienone is 1. The second kappa shape index (κ2) is 6.89. The lowest BCUT2D eigenvalue weighted by Gasteiger charge is -2.05. The Morgan fingerprint density at radius 2 is 2.17 bits per heavy atom. The fourth-order valence-electron chi connectivity index (χ4n) is 1.15. The third-order valence-electron chi connectivity index (χ3n) is 1.86. The molecule has 0 radical (unpaired) electrons. The standard InChI is InChI=1S/C10H18O2/c1-3-5-6-8-9(7-4-2)10(11)12/h4,7,9H,3,5-6,8H2,1-2H3,(H,11,12)/b7-4+.